The van der Waals surface area contributed by atoms with Gasteiger partial charge in [-0.2, -0.15) is 0 Å². The minimum Gasteiger partial charge on any atom is -0.358 e. The summed E-state index contributed by atoms with van der Waals surface area (Å²) < 4.78 is 0. The van der Waals surface area contributed by atoms with Crippen LogP contribution in [0.3, 0.4) is 0 Å². The second-order valence-corrected chi connectivity index (χ2v) is 5.17. The first-order valence-electron chi connectivity index (χ1n) is 7.46. The Kier molecular flexibility index (Phi) is 4.78. The number of aromatic amines is 1. The molecule has 0 unspecified atom stereocenters. The highest BCUT2D eigenvalue weighted by atomic mass is 16.2. The van der Waals surface area contributed by atoms with E-state index in [1.165, 1.54) is 0 Å². The third-order valence-electron chi connectivity index (χ3n) is 3.93. The normalized spacial score (nSPS) is 10.8. The quantitative estimate of drug-likeness (QED) is 0.918. The number of nitrogens with zero attached hydrogens (tertiary/aromatic N) is 1. The molecule has 1 N–H and O–H groups in total. The van der Waals surface area contributed by atoms with Gasteiger partial charge < -0.3 is 9.88 Å². The molecule has 0 atom stereocenters. The van der Waals surface area contributed by atoms with Crippen molar-refractivity contribution in [3.05, 3.63) is 45.7 Å². The lowest BCUT2D eigenvalue weighted by atomic mass is 10.0. The van der Waals surface area contributed by atoms with E-state index < -0.39 is 0 Å². The standard InChI is InChI=1S/C17H22N2O2/c1-4-19(5-2)16(20)11-10-13-12(3)18-15-9-7-6-8-14(15)17(13)21/h6-9H,4-5,10-11H2,1-3H3,(H,18,21). The number of hydrogen-bond donors (Lipinski definition) is 1. The molecule has 4 nitrogen and oxygen atoms in total. The Bertz CT molecular complexity index is 699. The summed E-state index contributed by atoms with van der Waals surface area (Å²) in [6.07, 6.45) is 0.866. The number of H-pyrrole nitrogens is 1. The number of nitrogens with one attached hydrogen (secondary N) is 1. The van der Waals surface area contributed by atoms with Gasteiger partial charge in [-0.25, -0.2) is 0 Å². The van der Waals surface area contributed by atoms with Crippen molar-refractivity contribution in [2.24, 2.45) is 0 Å². The fourth-order valence-corrected chi connectivity index (χ4v) is 2.67. The van der Waals surface area contributed by atoms with Crippen LogP contribution in [0.1, 0.15) is 31.5 Å². The summed E-state index contributed by atoms with van der Waals surface area (Å²) in [7, 11) is 0. The first-order valence-corrected chi connectivity index (χ1v) is 7.46. The lowest BCUT2D eigenvalue weighted by Gasteiger charge is -2.18. The zero-order valence-corrected chi connectivity index (χ0v) is 12.9. The Morgan fingerprint density at radius 3 is 2.52 bits per heavy atom. The predicted molar refractivity (Wildman–Crippen MR) is 85.6 cm³/mol. The fraction of sp³-hybridized carbons (Fsp3) is 0.412. The molecule has 2 aromatic rings. The molecule has 21 heavy (non-hydrogen) atoms. The van der Waals surface area contributed by atoms with Crippen LogP contribution in [0.2, 0.25) is 0 Å². The van der Waals surface area contributed by atoms with Crippen molar-refractivity contribution in [1.29, 1.82) is 0 Å². The number of rotatable bonds is 5. The number of aromatic nitrogens is 1. The van der Waals surface area contributed by atoms with Gasteiger partial charge in [0, 0.05) is 41.7 Å². The summed E-state index contributed by atoms with van der Waals surface area (Å²) in [6, 6.07) is 7.48. The average molecular weight is 286 g/mol. The molecular weight excluding hydrogens is 264 g/mol. The first-order chi connectivity index (χ1) is 10.1. The molecule has 0 aliphatic rings. The molecule has 1 aromatic carbocycles. The summed E-state index contributed by atoms with van der Waals surface area (Å²) in [5.41, 5.74) is 2.45. The van der Waals surface area contributed by atoms with Crippen LogP contribution in [0.15, 0.2) is 29.1 Å². The van der Waals surface area contributed by atoms with Gasteiger partial charge in [-0.1, -0.05) is 12.1 Å². The van der Waals surface area contributed by atoms with Crippen LogP contribution < -0.4 is 5.43 Å². The molecule has 0 aliphatic carbocycles. The maximum absolute atomic E-state index is 12.5. The van der Waals surface area contributed by atoms with Gasteiger partial charge in [-0.3, -0.25) is 9.59 Å². The van der Waals surface area contributed by atoms with Gasteiger partial charge in [0.15, 0.2) is 5.43 Å². The number of aryl methyl sites for hydroxylation is 1. The highest BCUT2D eigenvalue weighted by Gasteiger charge is 2.13. The van der Waals surface area contributed by atoms with Crippen LogP contribution in [0.5, 0.6) is 0 Å². The van der Waals surface area contributed by atoms with Crippen molar-refractivity contribution in [1.82, 2.24) is 9.88 Å². The van der Waals surface area contributed by atoms with Gasteiger partial charge >= 0.3 is 0 Å². The number of fused-ring (bicyclic) bond motifs is 1. The third kappa shape index (κ3) is 3.15. The number of benzene rings is 1. The van der Waals surface area contributed by atoms with Crippen molar-refractivity contribution < 1.29 is 4.79 Å². The highest BCUT2D eigenvalue weighted by Crippen LogP contribution is 2.12. The maximum atomic E-state index is 12.5. The maximum Gasteiger partial charge on any atom is 0.222 e. The Morgan fingerprint density at radius 2 is 1.86 bits per heavy atom. The molecule has 2 rings (SSSR count). The summed E-state index contributed by atoms with van der Waals surface area (Å²) in [5.74, 6) is 0.104. The third-order valence-corrected chi connectivity index (χ3v) is 3.93. The van der Waals surface area contributed by atoms with Gasteiger partial charge in [-0.15, -0.1) is 0 Å². The molecule has 0 saturated heterocycles. The van der Waals surface area contributed by atoms with Crippen molar-refractivity contribution >= 4 is 16.8 Å². The first kappa shape index (κ1) is 15.3. The predicted octanol–water partition coefficient (Wildman–Crippen LogP) is 2.64. The van der Waals surface area contributed by atoms with Crippen molar-refractivity contribution in [3.63, 3.8) is 0 Å². The van der Waals surface area contributed by atoms with Crippen LogP contribution >= 0.6 is 0 Å². The van der Waals surface area contributed by atoms with Crippen molar-refractivity contribution in [2.75, 3.05) is 13.1 Å². The Hall–Kier alpha value is -2.10. The molecule has 0 fully saturated rings. The number of hydrogen-bond acceptors (Lipinski definition) is 2. The summed E-state index contributed by atoms with van der Waals surface area (Å²) in [6.45, 7) is 7.25. The monoisotopic (exact) mass is 286 g/mol. The van der Waals surface area contributed by atoms with Crippen LogP contribution in [0, 0.1) is 6.92 Å². The van der Waals surface area contributed by atoms with E-state index in [1.807, 2.05) is 45.0 Å². The van der Waals surface area contributed by atoms with E-state index in [9.17, 15) is 9.59 Å². The lowest BCUT2D eigenvalue weighted by Crippen LogP contribution is -2.31. The smallest absolute Gasteiger partial charge is 0.222 e. The Labute approximate surface area is 124 Å². The lowest BCUT2D eigenvalue weighted by molar-refractivity contribution is -0.130. The molecule has 0 bridgehead atoms. The number of para-hydroxylation sites is 1. The minimum atomic E-state index is 0.0363. The molecule has 0 radical (unpaired) electrons. The second-order valence-electron chi connectivity index (χ2n) is 5.17. The molecule has 0 saturated carbocycles. The van der Waals surface area contributed by atoms with E-state index in [2.05, 4.69) is 4.98 Å². The molecule has 4 heteroatoms. The van der Waals surface area contributed by atoms with Gasteiger partial charge in [0.05, 0.1) is 0 Å². The average Bonchev–Trinajstić information content (AvgIpc) is 2.48. The topological polar surface area (TPSA) is 53.2 Å². The summed E-state index contributed by atoms with van der Waals surface area (Å²) in [5, 5.41) is 0.688. The van der Waals surface area contributed by atoms with Crippen LogP contribution in [0.4, 0.5) is 0 Å². The van der Waals surface area contributed by atoms with Gasteiger partial charge in [-0.05, 0) is 39.3 Å². The van der Waals surface area contributed by atoms with Gasteiger partial charge in [0.1, 0.15) is 0 Å². The zero-order valence-electron chi connectivity index (χ0n) is 12.9. The molecule has 0 spiro atoms. The van der Waals surface area contributed by atoms with Crippen LogP contribution in [-0.4, -0.2) is 28.9 Å². The SMILES string of the molecule is CCN(CC)C(=O)CCc1c(C)[nH]c2ccccc2c1=O. The largest absolute Gasteiger partial charge is 0.358 e. The number of carbonyl (C=O) groups excluding carboxylic acids is 1. The van der Waals surface area contributed by atoms with E-state index in [1.54, 1.807) is 4.90 Å². The molecule has 1 aromatic heterocycles. The van der Waals surface area contributed by atoms with E-state index in [0.29, 0.717) is 36.9 Å². The van der Waals surface area contributed by atoms with Gasteiger partial charge in [0.25, 0.3) is 0 Å². The van der Waals surface area contributed by atoms with Crippen molar-refractivity contribution in [3.8, 4) is 0 Å². The van der Waals surface area contributed by atoms with E-state index >= 15 is 0 Å². The Morgan fingerprint density at radius 1 is 1.19 bits per heavy atom. The van der Waals surface area contributed by atoms with E-state index in [-0.39, 0.29) is 11.3 Å². The van der Waals surface area contributed by atoms with Crippen LogP contribution in [-0.2, 0) is 11.2 Å². The molecule has 0 aliphatic heterocycles. The van der Waals surface area contributed by atoms with E-state index in [0.717, 1.165) is 11.2 Å². The highest BCUT2D eigenvalue weighted by molar-refractivity contribution is 5.80. The molecular formula is C17H22N2O2. The number of amides is 1. The fourth-order valence-electron chi connectivity index (χ4n) is 2.67. The Balaban J connectivity index is 2.27. The second kappa shape index (κ2) is 6.57. The molecule has 112 valence electrons. The zero-order chi connectivity index (χ0) is 15.4. The summed E-state index contributed by atoms with van der Waals surface area (Å²) >= 11 is 0. The van der Waals surface area contributed by atoms with Gasteiger partial charge in [0.2, 0.25) is 5.91 Å². The molecule has 1 amide bonds. The summed E-state index contributed by atoms with van der Waals surface area (Å²) in [4.78, 5) is 29.7. The number of carbonyl (C=O) groups is 1. The molecule has 1 heterocycles. The van der Waals surface area contributed by atoms with E-state index in [4.69, 9.17) is 0 Å². The number of pyridine rings is 1. The van der Waals surface area contributed by atoms with Crippen LogP contribution in [0.25, 0.3) is 10.9 Å². The minimum absolute atomic E-state index is 0.0363. The van der Waals surface area contributed by atoms with Crippen molar-refractivity contribution in [2.45, 2.75) is 33.6 Å².